The minimum atomic E-state index is -0.261. The number of amides is 1. The molecule has 0 saturated heterocycles. The summed E-state index contributed by atoms with van der Waals surface area (Å²) in [7, 11) is 0. The van der Waals surface area contributed by atoms with Gasteiger partial charge in [0, 0.05) is 19.3 Å². The van der Waals surface area contributed by atoms with Gasteiger partial charge >= 0.3 is 5.97 Å². The molecule has 0 aliphatic rings. The van der Waals surface area contributed by atoms with Crippen LogP contribution in [0, 0.1) is 0 Å². The van der Waals surface area contributed by atoms with Crippen LogP contribution in [0.25, 0.3) is 0 Å². The highest BCUT2D eigenvalue weighted by molar-refractivity contribution is 5.92. The number of aromatic amines is 1. The van der Waals surface area contributed by atoms with Gasteiger partial charge in [-0.1, -0.05) is 13.3 Å². The largest absolute Gasteiger partial charge is 0.466 e. The number of nitrogens with zero attached hydrogens (tertiary/aromatic N) is 1. The van der Waals surface area contributed by atoms with E-state index in [-0.39, 0.29) is 18.3 Å². The molecule has 1 aromatic heterocycles. The summed E-state index contributed by atoms with van der Waals surface area (Å²) in [6.07, 6.45) is 3.89. The summed E-state index contributed by atoms with van der Waals surface area (Å²) in [5.74, 6) is -0.328. The average molecular weight is 266 g/mol. The molecule has 0 aliphatic carbocycles. The van der Waals surface area contributed by atoms with Gasteiger partial charge < -0.3 is 14.6 Å². The second kappa shape index (κ2) is 8.34. The highest BCUT2D eigenvalue weighted by Gasteiger charge is 2.17. The molecule has 0 aliphatic heterocycles. The van der Waals surface area contributed by atoms with Crippen molar-refractivity contribution in [2.24, 2.45) is 0 Å². The Balaban J connectivity index is 2.56. The summed E-state index contributed by atoms with van der Waals surface area (Å²) in [4.78, 5) is 28.2. The molecule has 1 aromatic rings. The number of ether oxygens (including phenoxy) is 1. The van der Waals surface area contributed by atoms with Crippen LogP contribution in [0.5, 0.6) is 0 Å². The number of hydrogen-bond acceptors (Lipinski definition) is 3. The van der Waals surface area contributed by atoms with Gasteiger partial charge in [0.25, 0.3) is 5.91 Å². The molecule has 5 heteroatoms. The molecule has 0 atom stereocenters. The smallest absolute Gasteiger partial charge is 0.307 e. The summed E-state index contributed by atoms with van der Waals surface area (Å²) >= 11 is 0. The SMILES string of the molecule is CCCCN(CCC(=O)OCC)C(=O)c1ccc[nH]1. The molecule has 1 N–H and O–H groups in total. The zero-order valence-corrected chi connectivity index (χ0v) is 11.6. The topological polar surface area (TPSA) is 62.4 Å². The van der Waals surface area contributed by atoms with E-state index in [1.165, 1.54) is 0 Å². The van der Waals surface area contributed by atoms with Gasteiger partial charge in [0.05, 0.1) is 13.0 Å². The number of aromatic nitrogens is 1. The third kappa shape index (κ3) is 5.16. The predicted molar refractivity (Wildman–Crippen MR) is 72.9 cm³/mol. The first-order valence-electron chi connectivity index (χ1n) is 6.77. The lowest BCUT2D eigenvalue weighted by Gasteiger charge is -2.21. The molecule has 1 heterocycles. The van der Waals surface area contributed by atoms with E-state index in [2.05, 4.69) is 11.9 Å². The summed E-state index contributed by atoms with van der Waals surface area (Å²) in [5.41, 5.74) is 0.556. The van der Waals surface area contributed by atoms with Crippen LogP contribution in [-0.4, -0.2) is 41.5 Å². The first-order chi connectivity index (χ1) is 9.19. The van der Waals surface area contributed by atoms with Crippen molar-refractivity contribution in [1.29, 1.82) is 0 Å². The van der Waals surface area contributed by atoms with E-state index in [4.69, 9.17) is 4.74 Å². The second-order valence-electron chi connectivity index (χ2n) is 4.28. The molecule has 0 radical (unpaired) electrons. The number of unbranched alkanes of at least 4 members (excludes halogenated alkanes) is 1. The van der Waals surface area contributed by atoms with Gasteiger partial charge in [0.1, 0.15) is 5.69 Å². The van der Waals surface area contributed by atoms with Crippen LogP contribution in [0.3, 0.4) is 0 Å². The molecule has 0 aromatic carbocycles. The molecule has 5 nitrogen and oxygen atoms in total. The van der Waals surface area contributed by atoms with E-state index in [0.29, 0.717) is 25.4 Å². The molecule has 1 amide bonds. The van der Waals surface area contributed by atoms with Gasteiger partial charge in [-0.15, -0.1) is 0 Å². The zero-order valence-electron chi connectivity index (χ0n) is 11.6. The highest BCUT2D eigenvalue weighted by atomic mass is 16.5. The van der Waals surface area contributed by atoms with E-state index in [1.807, 2.05) is 0 Å². The minimum absolute atomic E-state index is 0.0669. The highest BCUT2D eigenvalue weighted by Crippen LogP contribution is 2.06. The molecular weight excluding hydrogens is 244 g/mol. The molecule has 0 spiro atoms. The first kappa shape index (κ1) is 15.3. The maximum atomic E-state index is 12.2. The van der Waals surface area contributed by atoms with E-state index in [1.54, 1.807) is 30.2 Å². The molecule has 106 valence electrons. The van der Waals surface area contributed by atoms with Gasteiger partial charge in [-0.25, -0.2) is 0 Å². The molecular formula is C14H22N2O3. The van der Waals surface area contributed by atoms with Crippen LogP contribution >= 0.6 is 0 Å². The van der Waals surface area contributed by atoms with E-state index in [9.17, 15) is 9.59 Å². The summed E-state index contributed by atoms with van der Waals surface area (Å²) < 4.78 is 4.88. The Bertz CT molecular complexity index is 387. The van der Waals surface area contributed by atoms with Crippen LogP contribution in [0.2, 0.25) is 0 Å². The average Bonchev–Trinajstić information content (AvgIpc) is 2.92. The quantitative estimate of drug-likeness (QED) is 0.734. The van der Waals surface area contributed by atoms with Gasteiger partial charge in [0.2, 0.25) is 0 Å². The number of carbonyl (C=O) groups is 2. The monoisotopic (exact) mass is 266 g/mol. The lowest BCUT2D eigenvalue weighted by molar-refractivity contribution is -0.143. The first-order valence-corrected chi connectivity index (χ1v) is 6.77. The van der Waals surface area contributed by atoms with Gasteiger partial charge in [-0.05, 0) is 25.5 Å². The Morgan fingerprint density at radius 3 is 2.68 bits per heavy atom. The van der Waals surface area contributed by atoms with Crippen molar-refractivity contribution >= 4 is 11.9 Å². The van der Waals surface area contributed by atoms with Gasteiger partial charge in [-0.3, -0.25) is 9.59 Å². The number of esters is 1. The Kier molecular flexibility index (Phi) is 6.71. The standard InChI is InChI=1S/C14H22N2O3/c1-3-5-10-16(11-8-13(17)19-4-2)14(18)12-7-6-9-15-12/h6-7,9,15H,3-5,8,10-11H2,1-2H3. The van der Waals surface area contributed by atoms with Crippen molar-refractivity contribution in [3.05, 3.63) is 24.0 Å². The maximum Gasteiger partial charge on any atom is 0.307 e. The minimum Gasteiger partial charge on any atom is -0.466 e. The summed E-state index contributed by atoms with van der Waals surface area (Å²) in [5, 5.41) is 0. The van der Waals surface area contributed by atoms with E-state index in [0.717, 1.165) is 12.8 Å². The fraction of sp³-hybridized carbons (Fsp3) is 0.571. The van der Waals surface area contributed by atoms with Crippen LogP contribution < -0.4 is 0 Å². The van der Waals surface area contributed by atoms with Gasteiger partial charge in [0.15, 0.2) is 0 Å². The molecule has 0 saturated carbocycles. The van der Waals surface area contributed by atoms with Crippen molar-refractivity contribution in [1.82, 2.24) is 9.88 Å². The molecule has 19 heavy (non-hydrogen) atoms. The zero-order chi connectivity index (χ0) is 14.1. The third-order valence-corrected chi connectivity index (χ3v) is 2.79. The van der Waals surface area contributed by atoms with Crippen LogP contribution in [0.15, 0.2) is 18.3 Å². The molecule has 1 rings (SSSR count). The Morgan fingerprint density at radius 2 is 2.11 bits per heavy atom. The Labute approximate surface area is 113 Å². The number of H-pyrrole nitrogens is 1. The van der Waals surface area contributed by atoms with Crippen molar-refractivity contribution in [3.63, 3.8) is 0 Å². The van der Waals surface area contributed by atoms with Crippen LogP contribution in [0.1, 0.15) is 43.6 Å². The van der Waals surface area contributed by atoms with Crippen LogP contribution in [0.4, 0.5) is 0 Å². The van der Waals surface area contributed by atoms with Crippen molar-refractivity contribution < 1.29 is 14.3 Å². The van der Waals surface area contributed by atoms with E-state index < -0.39 is 0 Å². The van der Waals surface area contributed by atoms with Crippen LogP contribution in [-0.2, 0) is 9.53 Å². The Morgan fingerprint density at radius 1 is 1.32 bits per heavy atom. The van der Waals surface area contributed by atoms with Crippen molar-refractivity contribution in [2.75, 3.05) is 19.7 Å². The summed E-state index contributed by atoms with van der Waals surface area (Å²) in [6.45, 7) is 5.28. The lowest BCUT2D eigenvalue weighted by atomic mass is 10.2. The molecule has 0 fully saturated rings. The van der Waals surface area contributed by atoms with E-state index >= 15 is 0 Å². The normalized spacial score (nSPS) is 10.2. The number of nitrogens with one attached hydrogen (secondary N) is 1. The predicted octanol–water partition coefficient (Wildman–Crippen LogP) is 2.21. The van der Waals surface area contributed by atoms with Gasteiger partial charge in [-0.2, -0.15) is 0 Å². The molecule has 0 bridgehead atoms. The number of carbonyl (C=O) groups excluding carboxylic acids is 2. The lowest BCUT2D eigenvalue weighted by Crippen LogP contribution is -2.34. The number of rotatable bonds is 8. The fourth-order valence-electron chi connectivity index (χ4n) is 1.76. The maximum absolute atomic E-state index is 12.2. The third-order valence-electron chi connectivity index (χ3n) is 2.79. The summed E-state index contributed by atoms with van der Waals surface area (Å²) in [6, 6.07) is 3.53. The Hall–Kier alpha value is -1.78. The fourth-order valence-corrected chi connectivity index (χ4v) is 1.76. The number of hydrogen-bond donors (Lipinski definition) is 1. The van der Waals surface area contributed by atoms with Crippen molar-refractivity contribution in [2.45, 2.75) is 33.1 Å². The molecule has 0 unspecified atom stereocenters. The second-order valence-corrected chi connectivity index (χ2v) is 4.28. The van der Waals surface area contributed by atoms with Crippen molar-refractivity contribution in [3.8, 4) is 0 Å².